The average molecular weight is 650 g/mol. The van der Waals surface area contributed by atoms with Gasteiger partial charge < -0.3 is 25.6 Å². The molecule has 242 valence electrons. The van der Waals surface area contributed by atoms with Crippen molar-refractivity contribution in [3.63, 3.8) is 0 Å². The molecule has 4 aromatic rings. The van der Waals surface area contributed by atoms with E-state index >= 15 is 0 Å². The highest BCUT2D eigenvalue weighted by atomic mass is 19.4. The Morgan fingerprint density at radius 1 is 1.20 bits per heavy atom. The first-order valence-corrected chi connectivity index (χ1v) is 13.9. The minimum atomic E-state index is -5.43. The molecule has 2 atom stereocenters. The summed E-state index contributed by atoms with van der Waals surface area (Å²) in [5, 5.41) is 17.1. The first kappa shape index (κ1) is 31.1. The third-order valence-corrected chi connectivity index (χ3v) is 8.40. The summed E-state index contributed by atoms with van der Waals surface area (Å²) in [6, 6.07) is 7.74. The van der Waals surface area contributed by atoms with Gasteiger partial charge in [-0.3, -0.25) is 9.59 Å². The molecule has 2 aromatic carbocycles. The maximum atomic E-state index is 14.8. The number of halogens is 6. The van der Waals surface area contributed by atoms with Gasteiger partial charge in [0.25, 0.3) is 5.91 Å². The van der Waals surface area contributed by atoms with E-state index in [2.05, 4.69) is 15.4 Å². The first-order valence-electron chi connectivity index (χ1n) is 13.9. The van der Waals surface area contributed by atoms with Crippen LogP contribution in [-0.2, 0) is 15.8 Å². The van der Waals surface area contributed by atoms with Crippen molar-refractivity contribution in [3.05, 3.63) is 71.3 Å². The second-order valence-corrected chi connectivity index (χ2v) is 11.2. The van der Waals surface area contributed by atoms with Gasteiger partial charge in [-0.15, -0.1) is 0 Å². The average Bonchev–Trinajstić information content (AvgIpc) is 3.64. The molecule has 2 amide bonds. The summed E-state index contributed by atoms with van der Waals surface area (Å²) >= 11 is 0. The number of nitrogens with one attached hydrogen (secondary N) is 1. The number of alkyl halides is 5. The van der Waals surface area contributed by atoms with Crippen LogP contribution in [0.15, 0.2) is 48.7 Å². The minimum absolute atomic E-state index is 0.00736. The second-order valence-electron chi connectivity index (χ2n) is 11.2. The maximum Gasteiger partial charge on any atom is 0.424 e. The van der Waals surface area contributed by atoms with E-state index in [4.69, 9.17) is 15.2 Å². The quantitative estimate of drug-likeness (QED) is 0.229. The largest absolute Gasteiger partial charge is 0.494 e. The van der Waals surface area contributed by atoms with Gasteiger partial charge in [0.15, 0.2) is 0 Å². The number of pyridine rings is 1. The zero-order chi connectivity index (χ0) is 33.2. The Bertz CT molecular complexity index is 1860. The number of nitrogens with zero attached hydrogens (tertiary/aromatic N) is 3. The van der Waals surface area contributed by atoms with Crippen LogP contribution < -0.4 is 20.5 Å². The monoisotopic (exact) mass is 649 g/mol. The number of carbonyl (C=O) groups excluding carboxylic acids is 2. The molecule has 0 spiro atoms. The topological polar surface area (TPSA) is 142 Å². The molecule has 1 aliphatic carbocycles. The molecule has 10 nitrogen and oxygen atoms in total. The lowest BCUT2D eigenvalue weighted by Crippen LogP contribution is -2.52. The van der Waals surface area contributed by atoms with E-state index in [0.29, 0.717) is 17.5 Å². The van der Waals surface area contributed by atoms with Crippen LogP contribution in [0, 0.1) is 11.7 Å². The Hall–Kier alpha value is -4.86. The standard InChI is InChI=1S/C30H25F6N5O5/c1-45-20-9-15(8-16-11-41(27(32)33)40-22(16)20)25(42)38-12-29(44,30(34,35)36)21-10-19-24(23(39-21)14-2-6-18(31)7-3-14)46-13-28(19,26(37)43)17-4-5-17/h2-3,6-11,17,27,44H,4-5,12-13H2,1H3,(H2,37,43)(H,38,42)/t28-,29+/m1/s1. The number of methoxy groups -OCH3 is 1. The predicted octanol–water partition coefficient (Wildman–Crippen LogP) is 4.35. The Balaban J connectivity index is 1.43. The molecule has 2 aliphatic rings. The third kappa shape index (κ3) is 4.96. The first-order chi connectivity index (χ1) is 21.7. The number of aromatic nitrogens is 3. The Morgan fingerprint density at radius 3 is 2.48 bits per heavy atom. The van der Waals surface area contributed by atoms with Gasteiger partial charge in [-0.1, -0.05) is 0 Å². The summed E-state index contributed by atoms with van der Waals surface area (Å²) < 4.78 is 95.8. The smallest absolute Gasteiger partial charge is 0.424 e. The summed E-state index contributed by atoms with van der Waals surface area (Å²) in [6.45, 7) is -4.72. The predicted molar refractivity (Wildman–Crippen MR) is 149 cm³/mol. The summed E-state index contributed by atoms with van der Waals surface area (Å²) in [5.74, 6) is -3.03. The van der Waals surface area contributed by atoms with E-state index in [1.165, 1.54) is 19.2 Å². The number of rotatable bonds is 9. The fraction of sp³-hybridized carbons (Fsp3) is 0.333. The Morgan fingerprint density at radius 2 is 1.89 bits per heavy atom. The van der Waals surface area contributed by atoms with E-state index in [1.54, 1.807) is 0 Å². The Labute approximate surface area is 256 Å². The molecule has 0 bridgehead atoms. The third-order valence-electron chi connectivity index (χ3n) is 8.40. The van der Waals surface area contributed by atoms with Gasteiger partial charge in [0, 0.05) is 28.3 Å². The molecule has 2 aromatic heterocycles. The van der Waals surface area contributed by atoms with Crippen LogP contribution in [0.2, 0.25) is 0 Å². The number of hydrogen-bond acceptors (Lipinski definition) is 7. The van der Waals surface area contributed by atoms with Crippen molar-refractivity contribution in [1.82, 2.24) is 20.1 Å². The van der Waals surface area contributed by atoms with Crippen LogP contribution >= 0.6 is 0 Å². The molecule has 16 heteroatoms. The summed E-state index contributed by atoms with van der Waals surface area (Å²) in [7, 11) is 1.19. The van der Waals surface area contributed by atoms with Gasteiger partial charge in [-0.2, -0.15) is 27.1 Å². The fourth-order valence-corrected chi connectivity index (χ4v) is 5.76. The maximum absolute atomic E-state index is 14.8. The fourth-order valence-electron chi connectivity index (χ4n) is 5.76. The minimum Gasteiger partial charge on any atom is -0.494 e. The van der Waals surface area contributed by atoms with Crippen LogP contribution in [0.25, 0.3) is 22.2 Å². The second kappa shape index (κ2) is 10.9. The summed E-state index contributed by atoms with van der Waals surface area (Å²) in [6.07, 6.45) is -3.39. The molecule has 0 radical (unpaired) electrons. The lowest BCUT2D eigenvalue weighted by molar-refractivity contribution is -0.265. The van der Waals surface area contributed by atoms with Crippen molar-refractivity contribution in [2.24, 2.45) is 11.7 Å². The van der Waals surface area contributed by atoms with Crippen LogP contribution in [0.1, 0.15) is 41.0 Å². The molecule has 1 saturated carbocycles. The molecule has 3 heterocycles. The number of nitrogens with two attached hydrogens (primary N) is 1. The SMILES string of the molecule is COc1cc(C(=O)NC[C@](O)(c2cc3c(c(-c4ccc(F)cc4)n2)OC[C@@]3(C(N)=O)C2CC2)C(F)(F)F)cc2cn(C(F)F)nc12. The van der Waals surface area contributed by atoms with Gasteiger partial charge in [0.2, 0.25) is 11.5 Å². The van der Waals surface area contributed by atoms with E-state index in [-0.39, 0.29) is 57.3 Å². The number of ether oxygens (including phenoxy) is 2. The van der Waals surface area contributed by atoms with Gasteiger partial charge in [-0.25, -0.2) is 14.1 Å². The number of aliphatic hydroxyl groups is 1. The number of benzene rings is 2. The molecule has 0 unspecified atom stereocenters. The molecule has 0 saturated heterocycles. The van der Waals surface area contributed by atoms with E-state index in [1.807, 2.05) is 0 Å². The number of carbonyl (C=O) groups is 2. The van der Waals surface area contributed by atoms with Crippen molar-refractivity contribution in [1.29, 1.82) is 0 Å². The van der Waals surface area contributed by atoms with Gasteiger partial charge in [0.1, 0.15) is 40.5 Å². The molecular formula is C30H25F6N5O5. The van der Waals surface area contributed by atoms with Crippen molar-refractivity contribution >= 4 is 22.7 Å². The van der Waals surface area contributed by atoms with Crippen molar-refractivity contribution in [2.45, 2.75) is 36.6 Å². The highest BCUT2D eigenvalue weighted by Gasteiger charge is 2.60. The Kier molecular flexibility index (Phi) is 7.37. The molecule has 46 heavy (non-hydrogen) atoms. The number of primary amides is 1. The van der Waals surface area contributed by atoms with Gasteiger partial charge >= 0.3 is 12.7 Å². The van der Waals surface area contributed by atoms with Crippen LogP contribution in [0.4, 0.5) is 26.3 Å². The van der Waals surface area contributed by atoms with Gasteiger partial charge in [0.05, 0.1) is 19.3 Å². The zero-order valence-corrected chi connectivity index (χ0v) is 23.9. The number of fused-ring (bicyclic) bond motifs is 2. The van der Waals surface area contributed by atoms with E-state index in [0.717, 1.165) is 36.5 Å². The van der Waals surface area contributed by atoms with Crippen molar-refractivity contribution in [2.75, 3.05) is 20.3 Å². The van der Waals surface area contributed by atoms with Crippen LogP contribution in [-0.4, -0.2) is 58.1 Å². The summed E-state index contributed by atoms with van der Waals surface area (Å²) in [4.78, 5) is 30.1. The normalized spacial score (nSPS) is 19.1. The molecular weight excluding hydrogens is 624 g/mol. The highest BCUT2D eigenvalue weighted by molar-refractivity contribution is 6.00. The van der Waals surface area contributed by atoms with Gasteiger partial charge in [-0.05, 0) is 61.2 Å². The molecule has 4 N–H and O–H groups in total. The van der Waals surface area contributed by atoms with Crippen molar-refractivity contribution < 1.29 is 50.5 Å². The van der Waals surface area contributed by atoms with E-state index < -0.39 is 53.6 Å². The number of amides is 2. The van der Waals surface area contributed by atoms with Crippen LogP contribution in [0.3, 0.4) is 0 Å². The zero-order valence-electron chi connectivity index (χ0n) is 23.9. The molecule has 1 aliphatic heterocycles. The molecule has 1 fully saturated rings. The highest BCUT2D eigenvalue weighted by Crippen LogP contribution is 2.56. The van der Waals surface area contributed by atoms with E-state index in [9.17, 15) is 41.0 Å². The van der Waals surface area contributed by atoms with Crippen LogP contribution in [0.5, 0.6) is 11.5 Å². The lowest BCUT2D eigenvalue weighted by atomic mass is 9.76. The molecule has 6 rings (SSSR count). The number of hydrogen-bond donors (Lipinski definition) is 3. The van der Waals surface area contributed by atoms with Crippen molar-refractivity contribution in [3.8, 4) is 22.8 Å². The lowest BCUT2D eigenvalue weighted by Gasteiger charge is -2.32. The summed E-state index contributed by atoms with van der Waals surface area (Å²) in [5.41, 5.74) is -0.863.